The fourth-order valence-electron chi connectivity index (χ4n) is 2.07. The van der Waals surface area contributed by atoms with Crippen molar-refractivity contribution in [3.63, 3.8) is 0 Å². The monoisotopic (exact) mass is 335 g/mol. The van der Waals surface area contributed by atoms with E-state index in [1.807, 2.05) is 0 Å². The van der Waals surface area contributed by atoms with Gasteiger partial charge < -0.3 is 4.90 Å². The molecule has 0 aliphatic rings. The topological polar surface area (TPSA) is 63.9 Å². The lowest BCUT2D eigenvalue weighted by molar-refractivity contribution is 0.0789. The summed E-state index contributed by atoms with van der Waals surface area (Å²) in [7, 11) is 1.59. The van der Waals surface area contributed by atoms with Crippen LogP contribution >= 0.6 is 11.3 Å². The highest BCUT2D eigenvalue weighted by atomic mass is 32.1. The minimum absolute atomic E-state index is 0.156. The van der Waals surface area contributed by atoms with Crippen molar-refractivity contribution in [2.24, 2.45) is 0 Å². The van der Waals surface area contributed by atoms with Crippen molar-refractivity contribution in [3.8, 4) is 5.69 Å². The van der Waals surface area contributed by atoms with Gasteiger partial charge >= 0.3 is 0 Å². The van der Waals surface area contributed by atoms with E-state index in [4.69, 9.17) is 0 Å². The number of rotatable bonds is 4. The predicted molar refractivity (Wildman–Crippen MR) is 79.2 cm³/mol. The lowest BCUT2D eigenvalue weighted by Gasteiger charge is -2.17. The Bertz CT molecular complexity index is 834. The third kappa shape index (κ3) is 3.09. The van der Waals surface area contributed by atoms with Crippen molar-refractivity contribution in [2.75, 3.05) is 7.05 Å². The summed E-state index contributed by atoms with van der Waals surface area (Å²) < 4.78 is 27.6. The fourth-order valence-corrected chi connectivity index (χ4v) is 2.94. The summed E-state index contributed by atoms with van der Waals surface area (Å²) in [6.45, 7) is 0.156. The van der Waals surface area contributed by atoms with Crippen LogP contribution in [-0.4, -0.2) is 38.1 Å². The molecule has 0 fully saturated rings. The predicted octanol–water partition coefficient (Wildman–Crippen LogP) is 2.27. The molecule has 0 atom stereocenters. The van der Waals surface area contributed by atoms with Gasteiger partial charge in [-0.3, -0.25) is 4.79 Å². The molecule has 6 nitrogen and oxygen atoms in total. The number of tetrazole rings is 1. The van der Waals surface area contributed by atoms with E-state index in [0.717, 1.165) is 12.1 Å². The van der Waals surface area contributed by atoms with Crippen LogP contribution in [-0.2, 0) is 6.54 Å². The summed E-state index contributed by atoms with van der Waals surface area (Å²) in [5.74, 6) is -2.11. The Morgan fingerprint density at radius 1 is 1.30 bits per heavy atom. The summed E-state index contributed by atoms with van der Waals surface area (Å²) in [6, 6.07) is 5.30. The van der Waals surface area contributed by atoms with E-state index in [9.17, 15) is 13.6 Å². The number of amides is 1. The molecule has 0 aliphatic heterocycles. The number of halogens is 2. The highest BCUT2D eigenvalue weighted by Gasteiger charge is 2.19. The standard InChI is InChI=1S/C14H11F2N5OS/c1-20(7-9-2-3-10(15)11(16)6-9)14(22)13-12(4-5-23-13)21-8-17-18-19-21/h2-6,8H,7H2,1H3. The molecule has 2 heterocycles. The van der Waals surface area contributed by atoms with Crippen LogP contribution in [0.1, 0.15) is 15.2 Å². The second-order valence-corrected chi connectivity index (χ2v) is 5.72. The fraction of sp³-hybridized carbons (Fsp3) is 0.143. The van der Waals surface area contributed by atoms with E-state index >= 15 is 0 Å². The van der Waals surface area contributed by atoms with E-state index in [2.05, 4.69) is 15.5 Å². The summed E-state index contributed by atoms with van der Waals surface area (Å²) in [6.07, 6.45) is 1.40. The Kier molecular flexibility index (Phi) is 4.11. The molecule has 0 radical (unpaired) electrons. The Balaban J connectivity index is 1.80. The molecular weight excluding hydrogens is 324 g/mol. The average Bonchev–Trinajstić information content (AvgIpc) is 3.20. The van der Waals surface area contributed by atoms with Gasteiger partial charge in [0.15, 0.2) is 11.6 Å². The third-order valence-electron chi connectivity index (χ3n) is 3.18. The number of hydrogen-bond acceptors (Lipinski definition) is 5. The normalized spacial score (nSPS) is 10.7. The van der Waals surface area contributed by atoms with Gasteiger partial charge in [-0.1, -0.05) is 6.07 Å². The van der Waals surface area contributed by atoms with E-state index in [-0.39, 0.29) is 12.5 Å². The van der Waals surface area contributed by atoms with Crippen LogP contribution in [0.5, 0.6) is 0 Å². The number of nitrogens with zero attached hydrogens (tertiary/aromatic N) is 5. The maximum absolute atomic E-state index is 13.3. The van der Waals surface area contributed by atoms with Crippen molar-refractivity contribution < 1.29 is 13.6 Å². The minimum atomic E-state index is -0.936. The molecule has 3 aromatic rings. The molecule has 9 heteroatoms. The molecule has 0 unspecified atom stereocenters. The van der Waals surface area contributed by atoms with Crippen LogP contribution in [0.15, 0.2) is 36.0 Å². The second kappa shape index (κ2) is 6.21. The SMILES string of the molecule is CN(Cc1ccc(F)c(F)c1)C(=O)c1sccc1-n1cnnn1. The van der Waals surface area contributed by atoms with Crippen molar-refractivity contribution >= 4 is 17.2 Å². The molecule has 3 rings (SSSR count). The molecule has 0 N–H and O–H groups in total. The van der Waals surface area contributed by atoms with Gasteiger partial charge in [0.1, 0.15) is 11.2 Å². The van der Waals surface area contributed by atoms with Crippen molar-refractivity contribution in [3.05, 3.63) is 58.0 Å². The van der Waals surface area contributed by atoms with Crippen molar-refractivity contribution in [2.45, 2.75) is 6.54 Å². The minimum Gasteiger partial charge on any atom is -0.337 e. The van der Waals surface area contributed by atoms with Gasteiger partial charge in [-0.15, -0.1) is 16.4 Å². The summed E-state index contributed by atoms with van der Waals surface area (Å²) in [4.78, 5) is 14.4. The zero-order chi connectivity index (χ0) is 16.4. The first kappa shape index (κ1) is 15.2. The quantitative estimate of drug-likeness (QED) is 0.734. The maximum Gasteiger partial charge on any atom is 0.266 e. The number of aromatic nitrogens is 4. The first-order valence-electron chi connectivity index (χ1n) is 6.56. The van der Waals surface area contributed by atoms with Gasteiger partial charge in [-0.05, 0) is 39.6 Å². The van der Waals surface area contributed by atoms with Gasteiger partial charge in [-0.2, -0.15) is 4.68 Å². The highest BCUT2D eigenvalue weighted by molar-refractivity contribution is 7.12. The lowest BCUT2D eigenvalue weighted by Crippen LogP contribution is -2.26. The first-order valence-corrected chi connectivity index (χ1v) is 7.44. The third-order valence-corrected chi connectivity index (χ3v) is 4.08. The summed E-state index contributed by atoms with van der Waals surface area (Å²) >= 11 is 1.26. The number of hydrogen-bond donors (Lipinski definition) is 0. The summed E-state index contributed by atoms with van der Waals surface area (Å²) in [5.41, 5.74) is 1.07. The van der Waals surface area contributed by atoms with Gasteiger partial charge in [0.25, 0.3) is 5.91 Å². The van der Waals surface area contributed by atoms with E-state index in [1.165, 1.54) is 33.3 Å². The van der Waals surface area contributed by atoms with Crippen LogP contribution in [0.4, 0.5) is 8.78 Å². The Morgan fingerprint density at radius 2 is 2.13 bits per heavy atom. The Hall–Kier alpha value is -2.68. The molecule has 1 amide bonds. The maximum atomic E-state index is 13.3. The number of benzene rings is 1. The van der Waals surface area contributed by atoms with E-state index in [1.54, 1.807) is 18.5 Å². The van der Waals surface area contributed by atoms with Gasteiger partial charge in [0.2, 0.25) is 0 Å². The molecule has 0 aliphatic carbocycles. The van der Waals surface area contributed by atoms with Gasteiger partial charge in [0.05, 0.1) is 5.69 Å². The number of carbonyl (C=O) groups is 1. The van der Waals surface area contributed by atoms with Crippen LogP contribution in [0.3, 0.4) is 0 Å². The van der Waals surface area contributed by atoms with Crippen LogP contribution < -0.4 is 0 Å². The number of carbonyl (C=O) groups excluding carboxylic acids is 1. The smallest absolute Gasteiger partial charge is 0.266 e. The molecule has 23 heavy (non-hydrogen) atoms. The van der Waals surface area contributed by atoms with Crippen LogP contribution in [0.2, 0.25) is 0 Å². The second-order valence-electron chi connectivity index (χ2n) is 4.80. The average molecular weight is 335 g/mol. The molecule has 2 aromatic heterocycles. The zero-order valence-electron chi connectivity index (χ0n) is 12.0. The molecule has 0 spiro atoms. The molecule has 1 aromatic carbocycles. The molecule has 0 bridgehead atoms. The zero-order valence-corrected chi connectivity index (χ0v) is 12.8. The van der Waals surface area contributed by atoms with E-state index in [0.29, 0.717) is 16.1 Å². The largest absolute Gasteiger partial charge is 0.337 e. The van der Waals surface area contributed by atoms with Crippen LogP contribution in [0, 0.1) is 11.6 Å². The molecule has 118 valence electrons. The molecule has 0 saturated heterocycles. The molecule has 0 saturated carbocycles. The lowest BCUT2D eigenvalue weighted by atomic mass is 10.2. The molecular formula is C14H11F2N5OS. The first-order chi connectivity index (χ1) is 11.1. The Morgan fingerprint density at radius 3 is 2.83 bits per heavy atom. The van der Waals surface area contributed by atoms with E-state index < -0.39 is 11.6 Å². The highest BCUT2D eigenvalue weighted by Crippen LogP contribution is 2.22. The van der Waals surface area contributed by atoms with Crippen molar-refractivity contribution in [1.82, 2.24) is 25.1 Å². The number of thiophene rings is 1. The van der Waals surface area contributed by atoms with Crippen LogP contribution in [0.25, 0.3) is 5.69 Å². The summed E-state index contributed by atoms with van der Waals surface area (Å²) in [5, 5.41) is 12.6. The van der Waals surface area contributed by atoms with Gasteiger partial charge in [0, 0.05) is 13.6 Å². The van der Waals surface area contributed by atoms with Crippen molar-refractivity contribution in [1.29, 1.82) is 0 Å². The Labute approximate surface area is 134 Å². The van der Waals surface area contributed by atoms with Gasteiger partial charge in [-0.25, -0.2) is 8.78 Å².